The molecule has 3 nitrogen and oxygen atoms in total. The third-order valence-corrected chi connectivity index (χ3v) is 5.40. The molecular formula is C16H24O3S. The Morgan fingerprint density at radius 3 is 2.05 bits per heavy atom. The number of benzene rings is 1. The summed E-state index contributed by atoms with van der Waals surface area (Å²) in [5.41, 5.74) is 1.77. The summed E-state index contributed by atoms with van der Waals surface area (Å²) in [5.74, 6) is -0.372. The molecule has 0 spiro atoms. The van der Waals surface area contributed by atoms with Gasteiger partial charge in [0.25, 0.3) is 0 Å². The highest BCUT2D eigenvalue weighted by atomic mass is 32.2. The molecule has 1 aromatic rings. The summed E-state index contributed by atoms with van der Waals surface area (Å²) in [6.45, 7) is 10.2. The van der Waals surface area contributed by atoms with Crippen molar-refractivity contribution in [3.63, 3.8) is 0 Å². The summed E-state index contributed by atoms with van der Waals surface area (Å²) in [6.07, 6.45) is 0. The van der Waals surface area contributed by atoms with Crippen LogP contribution in [0, 0.1) is 5.41 Å². The molecule has 0 aliphatic rings. The summed E-state index contributed by atoms with van der Waals surface area (Å²) in [6, 6.07) is 7.29. The molecule has 0 saturated heterocycles. The first-order valence-electron chi connectivity index (χ1n) is 6.90. The monoisotopic (exact) mass is 296 g/mol. The van der Waals surface area contributed by atoms with Crippen molar-refractivity contribution < 1.29 is 13.2 Å². The SMILES string of the molecule is CCS(=O)(=O)CC(=O)c1ccc(C(C)C(C)(C)C)cc1. The summed E-state index contributed by atoms with van der Waals surface area (Å²) >= 11 is 0. The molecule has 1 aromatic carbocycles. The predicted octanol–water partition coefficient (Wildman–Crippen LogP) is 3.45. The van der Waals surface area contributed by atoms with Crippen LogP contribution in [0.15, 0.2) is 24.3 Å². The average molecular weight is 296 g/mol. The summed E-state index contributed by atoms with van der Waals surface area (Å²) in [5, 5.41) is 0. The van der Waals surface area contributed by atoms with E-state index in [4.69, 9.17) is 0 Å². The fraction of sp³-hybridized carbons (Fsp3) is 0.562. The second kappa shape index (κ2) is 6.08. The van der Waals surface area contributed by atoms with Crippen molar-refractivity contribution in [3.8, 4) is 0 Å². The zero-order chi connectivity index (χ0) is 15.6. The van der Waals surface area contributed by atoms with Gasteiger partial charge in [0.15, 0.2) is 15.6 Å². The molecule has 0 amide bonds. The van der Waals surface area contributed by atoms with Crippen LogP contribution in [0.25, 0.3) is 0 Å². The highest BCUT2D eigenvalue weighted by molar-refractivity contribution is 7.92. The summed E-state index contributed by atoms with van der Waals surface area (Å²) in [7, 11) is -3.27. The molecule has 0 N–H and O–H groups in total. The molecule has 0 aliphatic carbocycles. The maximum atomic E-state index is 11.9. The Kier molecular flexibility index (Phi) is 5.14. The van der Waals surface area contributed by atoms with E-state index in [0.29, 0.717) is 11.5 Å². The molecule has 1 rings (SSSR count). The summed E-state index contributed by atoms with van der Waals surface area (Å²) in [4.78, 5) is 11.9. The van der Waals surface area contributed by atoms with E-state index in [1.54, 1.807) is 19.1 Å². The lowest BCUT2D eigenvalue weighted by molar-refractivity contribution is 0.102. The van der Waals surface area contributed by atoms with Gasteiger partial charge in [-0.15, -0.1) is 0 Å². The molecule has 0 aliphatic heterocycles. The van der Waals surface area contributed by atoms with E-state index in [1.807, 2.05) is 12.1 Å². The van der Waals surface area contributed by atoms with E-state index in [1.165, 1.54) is 0 Å². The van der Waals surface area contributed by atoms with Gasteiger partial charge in [0.2, 0.25) is 0 Å². The Balaban J connectivity index is 2.90. The minimum Gasteiger partial charge on any atom is -0.293 e. The first-order valence-corrected chi connectivity index (χ1v) is 8.72. The van der Waals surface area contributed by atoms with Crippen LogP contribution in [0.1, 0.15) is 56.5 Å². The minimum atomic E-state index is -3.27. The Morgan fingerprint density at radius 1 is 1.15 bits per heavy atom. The van der Waals surface area contributed by atoms with Gasteiger partial charge in [-0.25, -0.2) is 8.42 Å². The molecule has 0 saturated carbocycles. The minimum absolute atomic E-state index is 0.00210. The zero-order valence-corrected chi connectivity index (χ0v) is 13.8. The molecule has 0 aromatic heterocycles. The second-order valence-corrected chi connectivity index (χ2v) is 8.66. The number of ketones is 1. The molecule has 1 unspecified atom stereocenters. The zero-order valence-electron chi connectivity index (χ0n) is 12.9. The quantitative estimate of drug-likeness (QED) is 0.782. The van der Waals surface area contributed by atoms with Gasteiger partial charge in [-0.2, -0.15) is 0 Å². The highest BCUT2D eigenvalue weighted by Crippen LogP contribution is 2.34. The van der Waals surface area contributed by atoms with E-state index >= 15 is 0 Å². The maximum Gasteiger partial charge on any atom is 0.177 e. The van der Waals surface area contributed by atoms with Gasteiger partial charge in [0.1, 0.15) is 5.75 Å². The third-order valence-electron chi connectivity index (χ3n) is 3.82. The molecule has 0 heterocycles. The Morgan fingerprint density at radius 2 is 1.65 bits per heavy atom. The van der Waals surface area contributed by atoms with Gasteiger partial charge in [0.05, 0.1) is 0 Å². The Hall–Kier alpha value is -1.16. The number of carbonyl (C=O) groups is 1. The Labute approximate surface area is 122 Å². The van der Waals surface area contributed by atoms with Crippen LogP contribution in [-0.2, 0) is 9.84 Å². The van der Waals surface area contributed by atoms with Crippen molar-refractivity contribution in [3.05, 3.63) is 35.4 Å². The normalized spacial score (nSPS) is 14.1. The van der Waals surface area contributed by atoms with Crippen molar-refractivity contribution >= 4 is 15.6 Å². The van der Waals surface area contributed by atoms with Gasteiger partial charge in [-0.3, -0.25) is 4.79 Å². The number of hydrogen-bond donors (Lipinski definition) is 0. The van der Waals surface area contributed by atoms with Gasteiger partial charge in [-0.1, -0.05) is 58.9 Å². The summed E-state index contributed by atoms with van der Waals surface area (Å²) < 4.78 is 22.9. The van der Waals surface area contributed by atoms with Crippen LogP contribution in [0.4, 0.5) is 0 Å². The van der Waals surface area contributed by atoms with Crippen LogP contribution in [0.3, 0.4) is 0 Å². The first kappa shape index (κ1) is 16.9. The molecule has 0 radical (unpaired) electrons. The van der Waals surface area contributed by atoms with Crippen LogP contribution < -0.4 is 0 Å². The average Bonchev–Trinajstić information content (AvgIpc) is 2.36. The topological polar surface area (TPSA) is 51.2 Å². The van der Waals surface area contributed by atoms with E-state index in [0.717, 1.165) is 5.56 Å². The standard InChI is InChI=1S/C16H24O3S/c1-6-20(18,19)11-15(17)14-9-7-13(8-10-14)12(2)16(3,4)5/h7-10,12H,6,11H2,1-5H3. The second-order valence-electron chi connectivity index (χ2n) is 6.31. The number of Topliss-reactive ketones (excluding diaryl/α,β-unsaturated/α-hetero) is 1. The molecular weight excluding hydrogens is 272 g/mol. The number of hydrogen-bond acceptors (Lipinski definition) is 3. The molecule has 0 fully saturated rings. The van der Waals surface area contributed by atoms with E-state index in [9.17, 15) is 13.2 Å². The van der Waals surface area contributed by atoms with Crippen LogP contribution in [0.2, 0.25) is 0 Å². The van der Waals surface area contributed by atoms with Crippen LogP contribution >= 0.6 is 0 Å². The fourth-order valence-corrected chi connectivity index (χ4v) is 2.61. The smallest absolute Gasteiger partial charge is 0.177 e. The molecule has 112 valence electrons. The van der Waals surface area contributed by atoms with Crippen molar-refractivity contribution in [2.24, 2.45) is 5.41 Å². The third kappa shape index (κ3) is 4.44. The van der Waals surface area contributed by atoms with E-state index in [2.05, 4.69) is 27.7 Å². The Bertz CT molecular complexity index is 563. The van der Waals surface area contributed by atoms with Gasteiger partial charge >= 0.3 is 0 Å². The van der Waals surface area contributed by atoms with Gasteiger partial charge in [-0.05, 0) is 16.9 Å². The van der Waals surface area contributed by atoms with Gasteiger partial charge < -0.3 is 0 Å². The first-order chi connectivity index (χ1) is 9.07. The van der Waals surface area contributed by atoms with Crippen molar-refractivity contribution in [1.29, 1.82) is 0 Å². The van der Waals surface area contributed by atoms with Crippen molar-refractivity contribution in [2.75, 3.05) is 11.5 Å². The van der Waals surface area contributed by atoms with E-state index in [-0.39, 0.29) is 17.0 Å². The molecule has 0 bridgehead atoms. The largest absolute Gasteiger partial charge is 0.293 e. The fourth-order valence-electron chi connectivity index (χ4n) is 1.84. The number of rotatable bonds is 5. The van der Waals surface area contributed by atoms with Crippen LogP contribution in [0.5, 0.6) is 0 Å². The van der Waals surface area contributed by atoms with Crippen molar-refractivity contribution in [2.45, 2.75) is 40.5 Å². The van der Waals surface area contributed by atoms with Crippen molar-refractivity contribution in [1.82, 2.24) is 0 Å². The number of carbonyl (C=O) groups excluding carboxylic acids is 1. The highest BCUT2D eigenvalue weighted by Gasteiger charge is 2.22. The van der Waals surface area contributed by atoms with Gasteiger partial charge in [0, 0.05) is 11.3 Å². The molecule has 1 atom stereocenters. The lowest BCUT2D eigenvalue weighted by atomic mass is 9.78. The predicted molar refractivity (Wildman–Crippen MR) is 83.0 cm³/mol. The lowest BCUT2D eigenvalue weighted by Gasteiger charge is -2.27. The lowest BCUT2D eigenvalue weighted by Crippen LogP contribution is -2.18. The molecule has 4 heteroatoms. The maximum absolute atomic E-state index is 11.9. The number of sulfone groups is 1. The van der Waals surface area contributed by atoms with E-state index < -0.39 is 15.6 Å². The molecule has 20 heavy (non-hydrogen) atoms. The van der Waals surface area contributed by atoms with Crippen LogP contribution in [-0.4, -0.2) is 25.7 Å².